The highest BCUT2D eigenvalue weighted by atomic mass is 19.3. The molecule has 2 nitrogen and oxygen atoms in total. The summed E-state index contributed by atoms with van der Waals surface area (Å²) in [5.41, 5.74) is 6.48. The molecule has 0 atom stereocenters. The second kappa shape index (κ2) is 4.59. The van der Waals surface area contributed by atoms with Gasteiger partial charge in [-0.1, -0.05) is 0 Å². The largest absolute Gasteiger partial charge is 0.487 e. The van der Waals surface area contributed by atoms with Crippen molar-refractivity contribution >= 4 is 5.69 Å². The predicted octanol–water partition coefficient (Wildman–Crippen LogP) is 2.86. The van der Waals surface area contributed by atoms with Gasteiger partial charge in [0.25, 0.3) is 0 Å². The Labute approximate surface area is 90.0 Å². The minimum absolute atomic E-state index is 0.0535. The first-order chi connectivity index (χ1) is 7.31. The van der Waals surface area contributed by atoms with E-state index in [1.54, 1.807) is 13.0 Å². The molecule has 0 heterocycles. The molecule has 1 rings (SSSR count). The third kappa shape index (κ3) is 3.29. The molecule has 1 aromatic rings. The molecule has 16 heavy (non-hydrogen) atoms. The monoisotopic (exact) mass is 237 g/mol. The summed E-state index contributed by atoms with van der Waals surface area (Å²) in [5, 5.41) is 0. The smallest absolute Gasteiger partial charge is 0.340 e. The van der Waals surface area contributed by atoms with Crippen LogP contribution in [-0.2, 0) is 0 Å². The second-order valence-electron chi connectivity index (χ2n) is 3.43. The highest BCUT2D eigenvalue weighted by Crippen LogP contribution is 2.25. The first-order valence-electron chi connectivity index (χ1n) is 4.47. The van der Waals surface area contributed by atoms with Crippen LogP contribution in [0.5, 0.6) is 5.75 Å². The van der Waals surface area contributed by atoms with Crippen molar-refractivity contribution in [2.75, 3.05) is 12.3 Å². The number of halogens is 4. The van der Waals surface area contributed by atoms with Gasteiger partial charge in [0.2, 0.25) is 0 Å². The van der Waals surface area contributed by atoms with Gasteiger partial charge in [-0.05, 0) is 24.6 Å². The fourth-order valence-electron chi connectivity index (χ4n) is 1.10. The molecular weight excluding hydrogens is 226 g/mol. The quantitative estimate of drug-likeness (QED) is 0.645. The van der Waals surface area contributed by atoms with Crippen LogP contribution in [0.15, 0.2) is 18.2 Å². The number of rotatable bonds is 4. The van der Waals surface area contributed by atoms with Crippen molar-refractivity contribution in [2.24, 2.45) is 0 Å². The number of hydrogen-bond donors (Lipinski definition) is 1. The summed E-state index contributed by atoms with van der Waals surface area (Å²) in [4.78, 5) is 0. The van der Waals surface area contributed by atoms with Gasteiger partial charge in [-0.25, -0.2) is 8.78 Å². The minimum Gasteiger partial charge on any atom is -0.487 e. The number of anilines is 1. The van der Waals surface area contributed by atoms with E-state index < -0.39 is 19.0 Å². The van der Waals surface area contributed by atoms with Crippen LogP contribution in [0.3, 0.4) is 0 Å². The molecule has 0 amide bonds. The van der Waals surface area contributed by atoms with Gasteiger partial charge in [-0.3, -0.25) is 0 Å². The van der Waals surface area contributed by atoms with Gasteiger partial charge in [0.1, 0.15) is 5.75 Å². The molecular formula is C10H11F4NO. The van der Waals surface area contributed by atoms with E-state index in [9.17, 15) is 17.6 Å². The Morgan fingerprint density at radius 2 is 1.94 bits per heavy atom. The van der Waals surface area contributed by atoms with Gasteiger partial charge in [-0.2, -0.15) is 8.78 Å². The first-order valence-corrected chi connectivity index (χ1v) is 4.47. The Morgan fingerprint density at radius 3 is 2.44 bits per heavy atom. The van der Waals surface area contributed by atoms with E-state index >= 15 is 0 Å². The standard InChI is InChI=1S/C10H11F4NO/c1-6-2-7(15)4-8(3-6)16-5-10(13,14)9(11)12/h2-4,9H,5,15H2,1H3. The lowest BCUT2D eigenvalue weighted by molar-refractivity contribution is -0.148. The summed E-state index contributed by atoms with van der Waals surface area (Å²) in [6.07, 6.45) is -3.74. The lowest BCUT2D eigenvalue weighted by Gasteiger charge is -2.16. The summed E-state index contributed by atoms with van der Waals surface area (Å²) in [5.74, 6) is -4.10. The fourth-order valence-corrected chi connectivity index (χ4v) is 1.10. The number of nitrogens with two attached hydrogens (primary N) is 1. The average Bonchev–Trinajstić information content (AvgIpc) is 2.13. The SMILES string of the molecule is Cc1cc(N)cc(OCC(F)(F)C(F)F)c1. The molecule has 1 aromatic carbocycles. The number of benzene rings is 1. The van der Waals surface area contributed by atoms with E-state index in [2.05, 4.69) is 4.74 Å². The molecule has 90 valence electrons. The Morgan fingerprint density at radius 1 is 1.31 bits per heavy atom. The molecule has 0 spiro atoms. The van der Waals surface area contributed by atoms with Crippen molar-refractivity contribution in [3.63, 3.8) is 0 Å². The van der Waals surface area contributed by atoms with Crippen molar-refractivity contribution < 1.29 is 22.3 Å². The van der Waals surface area contributed by atoms with Crippen LogP contribution in [0.4, 0.5) is 23.2 Å². The predicted molar refractivity (Wildman–Crippen MR) is 52.0 cm³/mol. The molecule has 0 radical (unpaired) electrons. The number of alkyl halides is 4. The zero-order valence-electron chi connectivity index (χ0n) is 8.51. The van der Waals surface area contributed by atoms with E-state index in [1.807, 2.05) is 0 Å². The minimum atomic E-state index is -4.15. The van der Waals surface area contributed by atoms with Crippen LogP contribution in [0.2, 0.25) is 0 Å². The topological polar surface area (TPSA) is 35.2 Å². The summed E-state index contributed by atoms with van der Waals surface area (Å²) in [6.45, 7) is 0.321. The van der Waals surface area contributed by atoms with E-state index in [1.165, 1.54) is 12.1 Å². The molecule has 2 N–H and O–H groups in total. The third-order valence-electron chi connectivity index (χ3n) is 1.82. The molecule has 0 aliphatic carbocycles. The van der Waals surface area contributed by atoms with Crippen molar-refractivity contribution in [3.8, 4) is 5.75 Å². The van der Waals surface area contributed by atoms with Crippen molar-refractivity contribution in [1.29, 1.82) is 0 Å². The normalized spacial score (nSPS) is 11.9. The van der Waals surface area contributed by atoms with Gasteiger partial charge >= 0.3 is 12.3 Å². The van der Waals surface area contributed by atoms with Gasteiger partial charge < -0.3 is 10.5 Å². The van der Waals surface area contributed by atoms with Crippen molar-refractivity contribution in [1.82, 2.24) is 0 Å². The molecule has 6 heteroatoms. The Bertz CT molecular complexity index is 348. The summed E-state index contributed by atoms with van der Waals surface area (Å²) in [6, 6.07) is 4.35. The molecule has 0 bridgehead atoms. The molecule has 0 unspecified atom stereocenters. The van der Waals surface area contributed by atoms with Crippen LogP contribution in [-0.4, -0.2) is 19.0 Å². The average molecular weight is 237 g/mol. The van der Waals surface area contributed by atoms with Crippen LogP contribution >= 0.6 is 0 Å². The molecule has 0 aliphatic rings. The highest BCUT2D eigenvalue weighted by molar-refractivity contribution is 5.47. The van der Waals surface area contributed by atoms with E-state index in [0.717, 1.165) is 0 Å². The molecule has 0 aromatic heterocycles. The maximum absolute atomic E-state index is 12.5. The number of hydrogen-bond acceptors (Lipinski definition) is 2. The third-order valence-corrected chi connectivity index (χ3v) is 1.82. The maximum Gasteiger partial charge on any atom is 0.340 e. The number of ether oxygens (including phenoxy) is 1. The van der Waals surface area contributed by atoms with E-state index in [0.29, 0.717) is 11.3 Å². The summed E-state index contributed by atoms with van der Waals surface area (Å²) < 4.78 is 53.3. The Kier molecular flexibility index (Phi) is 3.62. The van der Waals surface area contributed by atoms with Gasteiger partial charge in [0, 0.05) is 11.8 Å². The lowest BCUT2D eigenvalue weighted by Crippen LogP contribution is -2.33. The first kappa shape index (κ1) is 12.6. The van der Waals surface area contributed by atoms with E-state index in [4.69, 9.17) is 5.73 Å². The maximum atomic E-state index is 12.5. The number of aryl methyl sites for hydroxylation is 1. The van der Waals surface area contributed by atoms with Crippen molar-refractivity contribution in [2.45, 2.75) is 19.3 Å². The second-order valence-corrected chi connectivity index (χ2v) is 3.43. The highest BCUT2D eigenvalue weighted by Gasteiger charge is 2.41. The van der Waals surface area contributed by atoms with E-state index in [-0.39, 0.29) is 5.75 Å². The summed E-state index contributed by atoms with van der Waals surface area (Å²) in [7, 11) is 0. The molecule has 0 saturated heterocycles. The van der Waals surface area contributed by atoms with Crippen LogP contribution in [0, 0.1) is 6.92 Å². The van der Waals surface area contributed by atoms with Gasteiger partial charge in [0.15, 0.2) is 6.61 Å². The molecule has 0 saturated carbocycles. The Hall–Kier alpha value is -1.46. The van der Waals surface area contributed by atoms with Gasteiger partial charge in [0.05, 0.1) is 0 Å². The zero-order valence-corrected chi connectivity index (χ0v) is 8.51. The van der Waals surface area contributed by atoms with Crippen LogP contribution < -0.4 is 10.5 Å². The summed E-state index contributed by atoms with van der Waals surface area (Å²) >= 11 is 0. The molecule has 0 fully saturated rings. The van der Waals surface area contributed by atoms with Crippen molar-refractivity contribution in [3.05, 3.63) is 23.8 Å². The lowest BCUT2D eigenvalue weighted by atomic mass is 10.2. The van der Waals surface area contributed by atoms with Crippen LogP contribution in [0.1, 0.15) is 5.56 Å². The van der Waals surface area contributed by atoms with Crippen LogP contribution in [0.25, 0.3) is 0 Å². The van der Waals surface area contributed by atoms with Gasteiger partial charge in [-0.15, -0.1) is 0 Å². The fraction of sp³-hybridized carbons (Fsp3) is 0.400. The zero-order chi connectivity index (χ0) is 12.3. The molecule has 0 aliphatic heterocycles. The Balaban J connectivity index is 2.68. The number of nitrogen functional groups attached to an aromatic ring is 1.